The number of amides is 4. The van der Waals surface area contributed by atoms with E-state index in [0.29, 0.717) is 14.9 Å². The lowest BCUT2D eigenvalue weighted by molar-refractivity contribution is -0.384. The third-order valence-corrected chi connectivity index (χ3v) is 5.84. The Hall–Kier alpha value is -4.13. The Morgan fingerprint density at radius 3 is 2.34 bits per heavy atom. The van der Waals surface area contributed by atoms with Crippen molar-refractivity contribution in [3.63, 3.8) is 0 Å². The van der Waals surface area contributed by atoms with Gasteiger partial charge in [0.2, 0.25) is 0 Å². The van der Waals surface area contributed by atoms with E-state index in [0.717, 1.165) is 22.6 Å². The van der Waals surface area contributed by atoms with E-state index < -0.39 is 28.6 Å². The predicted octanol–water partition coefficient (Wildman–Crippen LogP) is 4.58. The second-order valence-corrected chi connectivity index (χ2v) is 8.50. The number of nitro benzene ring substituents is 1. The van der Waals surface area contributed by atoms with Crippen LogP contribution in [0.1, 0.15) is 11.1 Å². The third-order valence-electron chi connectivity index (χ3n) is 4.99. The molecule has 1 aliphatic heterocycles. The summed E-state index contributed by atoms with van der Waals surface area (Å²) in [4.78, 5) is 48.6. The summed E-state index contributed by atoms with van der Waals surface area (Å²) < 4.78 is 19.7. The summed E-state index contributed by atoms with van der Waals surface area (Å²) in [5.41, 5.74) is 1.11. The van der Waals surface area contributed by atoms with Crippen molar-refractivity contribution in [1.82, 2.24) is 5.32 Å². The monoisotopic (exact) mass is 587 g/mol. The summed E-state index contributed by atoms with van der Waals surface area (Å²) in [6.45, 7) is 0.185. The molecule has 0 atom stereocenters. The van der Waals surface area contributed by atoms with Gasteiger partial charge in [0.1, 0.15) is 23.7 Å². The number of benzene rings is 3. The van der Waals surface area contributed by atoms with Gasteiger partial charge in [-0.05, 0) is 88.3 Å². The maximum atomic E-state index is 13.2. The maximum Gasteiger partial charge on any atom is 0.335 e. The highest BCUT2D eigenvalue weighted by molar-refractivity contribution is 14.1. The number of urea groups is 1. The van der Waals surface area contributed by atoms with Gasteiger partial charge in [0.15, 0.2) is 0 Å². The molecule has 4 rings (SSSR count). The summed E-state index contributed by atoms with van der Waals surface area (Å²) in [5.74, 6) is -1.67. The molecule has 3 aromatic carbocycles. The first-order valence-electron chi connectivity index (χ1n) is 10.1. The molecule has 0 radical (unpaired) electrons. The van der Waals surface area contributed by atoms with E-state index in [1.807, 2.05) is 22.6 Å². The first kappa shape index (κ1) is 24.0. The standard InChI is InChI=1S/C24H15FIN3O6/c25-16-4-8-17(9-5-16)28-23(31)19(22(30)27-24(28)32)11-15-3-10-21(20(26)12-15)35-13-14-1-6-18(7-2-14)29(33)34/h1-12H,13H2,(H,27,30,32)/b19-11+. The maximum absolute atomic E-state index is 13.2. The molecule has 0 aromatic heterocycles. The summed E-state index contributed by atoms with van der Waals surface area (Å²) in [6.07, 6.45) is 1.35. The highest BCUT2D eigenvalue weighted by atomic mass is 127. The molecule has 0 saturated carbocycles. The first-order chi connectivity index (χ1) is 16.7. The van der Waals surface area contributed by atoms with Gasteiger partial charge in [-0.3, -0.25) is 25.0 Å². The van der Waals surface area contributed by atoms with Crippen LogP contribution in [-0.2, 0) is 16.2 Å². The van der Waals surface area contributed by atoms with Crippen molar-refractivity contribution in [2.75, 3.05) is 4.90 Å². The van der Waals surface area contributed by atoms with Crippen LogP contribution in [0.2, 0.25) is 0 Å². The van der Waals surface area contributed by atoms with Crippen molar-refractivity contribution >= 4 is 57.9 Å². The average Bonchev–Trinajstić information content (AvgIpc) is 2.82. The van der Waals surface area contributed by atoms with Crippen LogP contribution in [0.25, 0.3) is 6.08 Å². The molecule has 0 spiro atoms. The highest BCUT2D eigenvalue weighted by Gasteiger charge is 2.36. The van der Waals surface area contributed by atoms with Crippen LogP contribution in [0.4, 0.5) is 20.6 Å². The third kappa shape index (κ3) is 5.35. The zero-order valence-electron chi connectivity index (χ0n) is 17.7. The minimum absolute atomic E-state index is 0.0123. The number of carbonyl (C=O) groups is 3. The fourth-order valence-electron chi connectivity index (χ4n) is 3.25. The molecule has 1 aliphatic rings. The molecule has 9 nitrogen and oxygen atoms in total. The van der Waals surface area contributed by atoms with Gasteiger partial charge in [0, 0.05) is 12.1 Å². The molecule has 0 aliphatic carbocycles. The van der Waals surface area contributed by atoms with E-state index in [1.165, 1.54) is 30.3 Å². The van der Waals surface area contributed by atoms with Gasteiger partial charge in [-0.2, -0.15) is 0 Å². The number of anilines is 1. The number of halogens is 2. The molecular weight excluding hydrogens is 572 g/mol. The minimum atomic E-state index is -0.923. The number of nitro groups is 1. The lowest BCUT2D eigenvalue weighted by atomic mass is 10.1. The van der Waals surface area contributed by atoms with Gasteiger partial charge in [-0.15, -0.1) is 0 Å². The van der Waals surface area contributed by atoms with Crippen LogP contribution in [0.15, 0.2) is 72.3 Å². The topological polar surface area (TPSA) is 119 Å². The first-order valence-corrected chi connectivity index (χ1v) is 11.1. The van der Waals surface area contributed by atoms with E-state index in [9.17, 15) is 28.9 Å². The summed E-state index contributed by atoms with van der Waals surface area (Å²) in [7, 11) is 0. The number of carbonyl (C=O) groups excluding carboxylic acids is 3. The number of rotatable bonds is 6. The number of barbiturate groups is 1. The Balaban J connectivity index is 1.52. The highest BCUT2D eigenvalue weighted by Crippen LogP contribution is 2.26. The molecule has 0 bridgehead atoms. The van der Waals surface area contributed by atoms with Crippen molar-refractivity contribution in [2.24, 2.45) is 0 Å². The van der Waals surface area contributed by atoms with Crippen molar-refractivity contribution in [3.05, 3.63) is 103 Å². The number of nitrogens with zero attached hydrogens (tertiary/aromatic N) is 2. The zero-order valence-corrected chi connectivity index (χ0v) is 19.9. The molecule has 3 aromatic rings. The number of hydrogen-bond donors (Lipinski definition) is 1. The minimum Gasteiger partial charge on any atom is -0.488 e. The van der Waals surface area contributed by atoms with E-state index in [4.69, 9.17) is 4.74 Å². The number of ether oxygens (including phenoxy) is 1. The average molecular weight is 587 g/mol. The van der Waals surface area contributed by atoms with Gasteiger partial charge in [-0.25, -0.2) is 14.1 Å². The fraction of sp³-hybridized carbons (Fsp3) is 0.0417. The molecule has 35 heavy (non-hydrogen) atoms. The number of imide groups is 2. The fourth-order valence-corrected chi connectivity index (χ4v) is 3.94. The molecule has 1 saturated heterocycles. The van der Waals surface area contributed by atoms with E-state index >= 15 is 0 Å². The Kier molecular flexibility index (Phi) is 6.87. The quantitative estimate of drug-likeness (QED) is 0.148. The van der Waals surface area contributed by atoms with Crippen LogP contribution in [0.3, 0.4) is 0 Å². The van der Waals surface area contributed by atoms with Crippen LogP contribution in [-0.4, -0.2) is 22.8 Å². The van der Waals surface area contributed by atoms with Crippen molar-refractivity contribution < 1.29 is 28.4 Å². The molecular formula is C24H15FIN3O6. The summed E-state index contributed by atoms with van der Waals surface area (Å²) >= 11 is 2.04. The number of hydrogen-bond acceptors (Lipinski definition) is 6. The second-order valence-electron chi connectivity index (χ2n) is 7.34. The second kappa shape index (κ2) is 10.0. The van der Waals surface area contributed by atoms with Crippen LogP contribution in [0.5, 0.6) is 5.75 Å². The largest absolute Gasteiger partial charge is 0.488 e. The Bertz CT molecular complexity index is 1370. The molecule has 11 heteroatoms. The van der Waals surface area contributed by atoms with Crippen molar-refractivity contribution in [2.45, 2.75) is 6.61 Å². The molecule has 0 unspecified atom stereocenters. The summed E-state index contributed by atoms with van der Waals surface area (Å²) in [5, 5.41) is 12.9. The Morgan fingerprint density at radius 1 is 1.03 bits per heavy atom. The molecule has 4 amide bonds. The predicted molar refractivity (Wildman–Crippen MR) is 132 cm³/mol. The van der Waals surface area contributed by atoms with Gasteiger partial charge >= 0.3 is 6.03 Å². The lowest BCUT2D eigenvalue weighted by Crippen LogP contribution is -2.54. The smallest absolute Gasteiger partial charge is 0.335 e. The van der Waals surface area contributed by atoms with Gasteiger partial charge in [0.05, 0.1) is 14.2 Å². The summed E-state index contributed by atoms with van der Waals surface area (Å²) in [6, 6.07) is 14.8. The molecule has 1 N–H and O–H groups in total. The molecule has 1 heterocycles. The van der Waals surface area contributed by atoms with Gasteiger partial charge in [0.25, 0.3) is 17.5 Å². The van der Waals surface area contributed by atoms with E-state index in [1.54, 1.807) is 30.3 Å². The number of non-ortho nitro benzene ring substituents is 1. The normalized spacial score (nSPS) is 14.7. The van der Waals surface area contributed by atoms with E-state index in [2.05, 4.69) is 5.32 Å². The van der Waals surface area contributed by atoms with Crippen molar-refractivity contribution in [3.8, 4) is 5.75 Å². The van der Waals surface area contributed by atoms with Gasteiger partial charge < -0.3 is 4.74 Å². The Morgan fingerprint density at radius 2 is 1.71 bits per heavy atom. The van der Waals surface area contributed by atoms with E-state index in [-0.39, 0.29) is 23.6 Å². The molecule has 1 fully saturated rings. The van der Waals surface area contributed by atoms with Crippen LogP contribution in [0, 0.1) is 19.5 Å². The van der Waals surface area contributed by atoms with Crippen molar-refractivity contribution in [1.29, 1.82) is 0 Å². The van der Waals surface area contributed by atoms with Crippen LogP contribution >= 0.6 is 22.6 Å². The van der Waals surface area contributed by atoms with Gasteiger partial charge in [-0.1, -0.05) is 6.07 Å². The zero-order chi connectivity index (χ0) is 25.1. The SMILES string of the molecule is O=C1NC(=O)N(c2ccc(F)cc2)C(=O)/C1=C/c1ccc(OCc2ccc([N+](=O)[O-])cc2)c(I)c1. The number of nitrogens with one attached hydrogen (secondary N) is 1. The molecule has 176 valence electrons. The lowest BCUT2D eigenvalue weighted by Gasteiger charge is -2.26. The van der Waals surface area contributed by atoms with Crippen LogP contribution < -0.4 is 15.0 Å². The Labute approximate surface area is 211 Å².